The Balaban J connectivity index is 2.43. The fraction of sp³-hybridized carbons (Fsp3) is 0.400. The Morgan fingerprint density at radius 3 is 2.75 bits per heavy atom. The number of benzene rings is 1. The molecular weight excluding hydrogens is 216 g/mol. The molecule has 1 aromatic rings. The molecule has 0 aliphatic heterocycles. The van der Waals surface area contributed by atoms with Crippen molar-refractivity contribution in [1.29, 1.82) is 0 Å². The molecule has 1 unspecified atom stereocenters. The second-order valence-electron chi connectivity index (χ2n) is 3.76. The van der Waals surface area contributed by atoms with Gasteiger partial charge in [-0.15, -0.1) is 0 Å². The van der Waals surface area contributed by atoms with Crippen molar-refractivity contribution in [3.05, 3.63) is 33.8 Å². The molecule has 2 heteroatoms. The summed E-state index contributed by atoms with van der Waals surface area (Å²) in [6.07, 6.45) is 1.57. The lowest BCUT2D eigenvalue weighted by Crippen LogP contribution is -2.23. The van der Waals surface area contributed by atoms with Crippen LogP contribution in [0.1, 0.15) is 18.1 Å². The highest BCUT2D eigenvalue weighted by atomic mass is 79.9. The van der Waals surface area contributed by atoms with Crippen LogP contribution in [0.3, 0.4) is 0 Å². The van der Waals surface area contributed by atoms with Gasteiger partial charge in [-0.2, -0.15) is 0 Å². The van der Waals surface area contributed by atoms with E-state index in [9.17, 15) is 5.11 Å². The first-order chi connectivity index (χ1) is 5.57. The topological polar surface area (TPSA) is 20.2 Å². The van der Waals surface area contributed by atoms with Gasteiger partial charge in [0.25, 0.3) is 0 Å². The second-order valence-corrected chi connectivity index (χ2v) is 4.68. The number of aliphatic hydroxyl groups is 1. The molecular formula is C10H11BrO. The molecule has 0 heterocycles. The predicted molar refractivity (Wildman–Crippen MR) is 52.2 cm³/mol. The van der Waals surface area contributed by atoms with Crippen molar-refractivity contribution in [3.63, 3.8) is 0 Å². The van der Waals surface area contributed by atoms with Crippen LogP contribution >= 0.6 is 15.9 Å². The van der Waals surface area contributed by atoms with Crippen molar-refractivity contribution < 1.29 is 5.11 Å². The minimum absolute atomic E-state index is 0.525. The molecule has 1 aliphatic carbocycles. The van der Waals surface area contributed by atoms with Gasteiger partial charge >= 0.3 is 0 Å². The Labute approximate surface area is 80.5 Å². The van der Waals surface area contributed by atoms with E-state index in [1.165, 1.54) is 11.1 Å². The average Bonchev–Trinajstić information content (AvgIpc) is 2.21. The van der Waals surface area contributed by atoms with E-state index >= 15 is 0 Å². The molecule has 0 bridgehead atoms. The average molecular weight is 227 g/mol. The zero-order chi connectivity index (χ0) is 8.77. The van der Waals surface area contributed by atoms with Gasteiger partial charge in [0.1, 0.15) is 0 Å². The van der Waals surface area contributed by atoms with Gasteiger partial charge in [-0.05, 0) is 30.2 Å². The maximum Gasteiger partial charge on any atom is 0.0700 e. The smallest absolute Gasteiger partial charge is 0.0700 e. The fourth-order valence-electron chi connectivity index (χ4n) is 1.81. The maximum absolute atomic E-state index is 9.79. The van der Waals surface area contributed by atoms with Crippen molar-refractivity contribution in [2.75, 3.05) is 0 Å². The molecule has 0 radical (unpaired) electrons. The minimum Gasteiger partial charge on any atom is -0.389 e. The van der Waals surface area contributed by atoms with E-state index in [-0.39, 0.29) is 0 Å². The highest BCUT2D eigenvalue weighted by Crippen LogP contribution is 2.31. The van der Waals surface area contributed by atoms with Gasteiger partial charge in [0.05, 0.1) is 5.60 Å². The first kappa shape index (κ1) is 8.27. The molecule has 0 saturated heterocycles. The summed E-state index contributed by atoms with van der Waals surface area (Å²) in [7, 11) is 0. The van der Waals surface area contributed by atoms with Crippen molar-refractivity contribution in [2.24, 2.45) is 0 Å². The van der Waals surface area contributed by atoms with Crippen LogP contribution in [-0.4, -0.2) is 10.7 Å². The summed E-state index contributed by atoms with van der Waals surface area (Å²) in [5.74, 6) is 0. The molecule has 2 rings (SSSR count). The lowest BCUT2D eigenvalue weighted by atomic mass is 10.0. The van der Waals surface area contributed by atoms with Gasteiger partial charge < -0.3 is 5.11 Å². The van der Waals surface area contributed by atoms with E-state index < -0.39 is 5.60 Å². The van der Waals surface area contributed by atoms with Gasteiger partial charge in [0.2, 0.25) is 0 Å². The molecule has 0 aromatic heterocycles. The quantitative estimate of drug-likeness (QED) is 0.720. The molecule has 1 aliphatic rings. The zero-order valence-corrected chi connectivity index (χ0v) is 8.56. The molecule has 64 valence electrons. The molecule has 1 nitrogen and oxygen atoms in total. The van der Waals surface area contributed by atoms with Gasteiger partial charge in [-0.1, -0.05) is 22.0 Å². The van der Waals surface area contributed by atoms with Crippen molar-refractivity contribution in [2.45, 2.75) is 25.4 Å². The van der Waals surface area contributed by atoms with Crippen LogP contribution in [0.4, 0.5) is 0 Å². The summed E-state index contributed by atoms with van der Waals surface area (Å²) in [5, 5.41) is 9.79. The van der Waals surface area contributed by atoms with Crippen LogP contribution in [0.25, 0.3) is 0 Å². The van der Waals surface area contributed by atoms with Gasteiger partial charge in [-0.3, -0.25) is 0 Å². The van der Waals surface area contributed by atoms with E-state index in [2.05, 4.69) is 28.1 Å². The highest BCUT2D eigenvalue weighted by molar-refractivity contribution is 9.10. The van der Waals surface area contributed by atoms with E-state index in [0.717, 1.165) is 17.3 Å². The van der Waals surface area contributed by atoms with E-state index in [4.69, 9.17) is 0 Å². The molecule has 12 heavy (non-hydrogen) atoms. The Morgan fingerprint density at radius 2 is 2.00 bits per heavy atom. The summed E-state index contributed by atoms with van der Waals surface area (Å²) in [6, 6.07) is 6.21. The SMILES string of the molecule is CC1(O)Cc2ccc(Br)cc2C1. The highest BCUT2D eigenvalue weighted by Gasteiger charge is 2.29. The summed E-state index contributed by atoms with van der Waals surface area (Å²) in [4.78, 5) is 0. The predicted octanol–water partition coefficient (Wildman–Crippen LogP) is 2.30. The molecule has 1 aromatic carbocycles. The number of fused-ring (bicyclic) bond motifs is 1. The first-order valence-corrected chi connectivity index (χ1v) is 4.86. The lowest BCUT2D eigenvalue weighted by molar-refractivity contribution is 0.0719. The number of hydrogen-bond donors (Lipinski definition) is 1. The molecule has 0 spiro atoms. The van der Waals surface area contributed by atoms with E-state index in [1.807, 2.05) is 13.0 Å². The molecule has 0 fully saturated rings. The number of rotatable bonds is 0. The fourth-order valence-corrected chi connectivity index (χ4v) is 2.22. The lowest BCUT2D eigenvalue weighted by Gasteiger charge is -2.13. The Bertz CT molecular complexity index is 318. The summed E-state index contributed by atoms with van der Waals surface area (Å²) < 4.78 is 1.10. The largest absolute Gasteiger partial charge is 0.389 e. The number of halogens is 1. The van der Waals surface area contributed by atoms with Crippen LogP contribution in [-0.2, 0) is 12.8 Å². The molecule has 0 amide bonds. The molecule has 0 saturated carbocycles. The Kier molecular flexibility index (Phi) is 1.77. The zero-order valence-electron chi connectivity index (χ0n) is 6.97. The second kappa shape index (κ2) is 2.57. The van der Waals surface area contributed by atoms with Crippen molar-refractivity contribution >= 4 is 15.9 Å². The summed E-state index contributed by atoms with van der Waals surface area (Å²) >= 11 is 3.42. The molecule has 1 N–H and O–H groups in total. The monoisotopic (exact) mass is 226 g/mol. The van der Waals surface area contributed by atoms with Crippen LogP contribution in [0, 0.1) is 0 Å². The normalized spacial score (nSPS) is 27.2. The Morgan fingerprint density at radius 1 is 1.33 bits per heavy atom. The third-order valence-corrected chi connectivity index (χ3v) is 2.80. The third kappa shape index (κ3) is 1.41. The van der Waals surface area contributed by atoms with Gasteiger partial charge in [-0.25, -0.2) is 0 Å². The van der Waals surface area contributed by atoms with Crippen LogP contribution in [0.5, 0.6) is 0 Å². The van der Waals surface area contributed by atoms with Gasteiger partial charge in [0.15, 0.2) is 0 Å². The van der Waals surface area contributed by atoms with Crippen LogP contribution in [0.15, 0.2) is 22.7 Å². The number of hydrogen-bond acceptors (Lipinski definition) is 1. The maximum atomic E-state index is 9.79. The summed E-state index contributed by atoms with van der Waals surface area (Å²) in [6.45, 7) is 1.89. The van der Waals surface area contributed by atoms with Gasteiger partial charge in [0, 0.05) is 17.3 Å². The van der Waals surface area contributed by atoms with Crippen molar-refractivity contribution in [3.8, 4) is 0 Å². The van der Waals surface area contributed by atoms with E-state index in [1.54, 1.807) is 0 Å². The van der Waals surface area contributed by atoms with Crippen LogP contribution in [0.2, 0.25) is 0 Å². The van der Waals surface area contributed by atoms with E-state index in [0.29, 0.717) is 0 Å². The Hall–Kier alpha value is -0.340. The summed E-state index contributed by atoms with van der Waals surface area (Å²) in [5.41, 5.74) is 2.03. The molecule has 1 atom stereocenters. The van der Waals surface area contributed by atoms with Crippen LogP contribution < -0.4 is 0 Å². The minimum atomic E-state index is -0.525. The first-order valence-electron chi connectivity index (χ1n) is 4.06. The van der Waals surface area contributed by atoms with Crippen molar-refractivity contribution in [1.82, 2.24) is 0 Å². The standard InChI is InChI=1S/C10H11BrO/c1-10(12)5-7-2-3-9(11)4-8(7)6-10/h2-4,12H,5-6H2,1H3. The third-order valence-electron chi connectivity index (χ3n) is 2.31.